The van der Waals surface area contributed by atoms with Gasteiger partial charge in [0.05, 0.1) is 0 Å². The van der Waals surface area contributed by atoms with Gasteiger partial charge in [0.1, 0.15) is 0 Å². The van der Waals surface area contributed by atoms with Crippen LogP contribution in [0.1, 0.15) is 62.3 Å². The van der Waals surface area contributed by atoms with E-state index in [2.05, 4.69) is 62.3 Å². The van der Waals surface area contributed by atoms with Crippen LogP contribution < -0.4 is 0 Å². The molecule has 0 radical (unpaired) electrons. The summed E-state index contributed by atoms with van der Waals surface area (Å²) in [5.74, 6) is 0. The van der Waals surface area contributed by atoms with Gasteiger partial charge < -0.3 is 0 Å². The van der Waals surface area contributed by atoms with E-state index in [0.717, 1.165) is 8.63 Å². The molecule has 0 amide bonds. The molecular weight excluding hydrogens is 363 g/mol. The second-order valence-electron chi connectivity index (χ2n) is 17.1. The third-order valence-electron chi connectivity index (χ3n) is 18.3. The summed E-state index contributed by atoms with van der Waals surface area (Å²) in [5, 5.41) is 1.09. The van der Waals surface area contributed by atoms with E-state index in [4.69, 9.17) is 0 Å². The van der Waals surface area contributed by atoms with E-state index in [1.807, 2.05) is 0 Å². The minimum absolute atomic E-state index is 0.128. The van der Waals surface area contributed by atoms with Gasteiger partial charge in [-0.15, -0.1) is 0 Å². The van der Waals surface area contributed by atoms with Gasteiger partial charge in [0, 0.05) is 0 Å². The maximum absolute atomic E-state index is 3.21. The number of hydrogen-bond acceptors (Lipinski definition) is 0. The molecule has 1 spiro atoms. The van der Waals surface area contributed by atoms with E-state index in [-0.39, 0.29) is 7.92 Å². The average Bonchev–Trinajstić information content (AvgIpc) is 3.34. The van der Waals surface area contributed by atoms with Crippen LogP contribution >= 0.6 is 7.92 Å². The van der Waals surface area contributed by atoms with Crippen molar-refractivity contribution in [1.29, 1.82) is 0 Å². The first-order chi connectivity index (χ1) is 11.0. The van der Waals surface area contributed by atoms with Gasteiger partial charge in [-0.2, -0.15) is 0 Å². The fourth-order valence-corrected chi connectivity index (χ4v) is 108. The van der Waals surface area contributed by atoms with Crippen molar-refractivity contribution in [1.82, 2.24) is 0 Å². The van der Waals surface area contributed by atoms with Crippen molar-refractivity contribution in [2.75, 3.05) is 6.16 Å². The van der Waals surface area contributed by atoms with Gasteiger partial charge in [-0.3, -0.25) is 0 Å². The van der Waals surface area contributed by atoms with Gasteiger partial charge in [0.25, 0.3) is 0 Å². The Kier molecular flexibility index (Phi) is 0.701. The molecule has 0 bridgehead atoms. The van der Waals surface area contributed by atoms with Crippen molar-refractivity contribution in [3.8, 4) is 0 Å². The molecule has 0 nitrogen and oxygen atoms in total. The zero-order valence-corrected chi connectivity index (χ0v) is 19.6. The molecule has 10 fully saturated rings. The molecule has 0 aliphatic carbocycles. The molecule has 10 heterocycles. The standard InChI is InChI=1S/C14H24P.C9H13.Fe/c1-13(2,3)15(14(4,5)6)11-12-9-7-8-10-12;1-9(2,3)8-6-4-5-7-8;/h7-10H,11H2,1-6H3;4-7H,1-3H3;. The van der Waals surface area contributed by atoms with E-state index in [9.17, 15) is 0 Å². The van der Waals surface area contributed by atoms with Crippen molar-refractivity contribution in [2.45, 2.75) is 120 Å². The van der Waals surface area contributed by atoms with Crippen LogP contribution in [-0.4, -0.2) is 16.5 Å². The van der Waals surface area contributed by atoms with E-state index in [1.54, 1.807) is 6.16 Å². The summed E-state index contributed by atoms with van der Waals surface area (Å²) in [6.45, 7) is 20.5. The van der Waals surface area contributed by atoms with Gasteiger partial charge in [0.15, 0.2) is 0 Å². The fourth-order valence-electron chi connectivity index (χ4n) is 21.3. The molecule has 142 valence electrons. The molecule has 0 aromatic heterocycles. The topological polar surface area (TPSA) is 0 Å². The number of rotatable bonds is 2. The third-order valence-corrected chi connectivity index (χ3v) is 66.5. The van der Waals surface area contributed by atoms with E-state index >= 15 is 0 Å². The Morgan fingerprint density at radius 3 is 1.32 bits per heavy atom. The predicted molar refractivity (Wildman–Crippen MR) is 106 cm³/mol. The van der Waals surface area contributed by atoms with Gasteiger partial charge in [-0.05, 0) is 0 Å². The fraction of sp³-hybridized carbons (Fsp3) is 1.00. The SMILES string of the molecule is CC(C)(C)P(C[C]12[CH]3[CH]4[CH]5[CH]1[Fe]45321678[CH]2[CH]1[CH]6[C]7(C(C)(C)C)[CH]28)C(C)(C)C. The number of fused-ring (bicyclic) bond motifs is 10. The van der Waals surface area contributed by atoms with Crippen LogP contribution in [0.2, 0.25) is 47.2 Å². The van der Waals surface area contributed by atoms with E-state index < -0.39 is 6.51 Å². The van der Waals surface area contributed by atoms with Gasteiger partial charge in [-0.1, -0.05) is 0 Å². The molecule has 8 unspecified atom stereocenters. The molecule has 0 aromatic carbocycles. The molecule has 0 N–H and O–H groups in total. The summed E-state index contributed by atoms with van der Waals surface area (Å²) < 4.78 is 2.12. The molecule has 10 rings (SSSR count). The summed E-state index contributed by atoms with van der Waals surface area (Å²) in [6.07, 6.45) is 1.75. The molecule has 25 heavy (non-hydrogen) atoms. The van der Waals surface area contributed by atoms with Crippen LogP contribution in [0.5, 0.6) is 0 Å². The second kappa shape index (κ2) is 1.32. The van der Waals surface area contributed by atoms with Crippen LogP contribution in [0.25, 0.3) is 0 Å². The second-order valence-corrected chi connectivity index (χ2v) is 44.3. The molecular formula is C23H37FeP. The molecule has 10 aliphatic rings. The molecule has 10 saturated heterocycles. The summed E-state index contributed by atoms with van der Waals surface area (Å²) >= 11 is 0. The van der Waals surface area contributed by atoms with Crippen LogP contribution in [0.4, 0.5) is 0 Å². The van der Waals surface area contributed by atoms with Crippen LogP contribution in [0.3, 0.4) is 0 Å². The molecule has 10 aliphatic heterocycles. The third kappa shape index (κ3) is 0.205. The van der Waals surface area contributed by atoms with Crippen LogP contribution in [0.15, 0.2) is 0 Å². The van der Waals surface area contributed by atoms with Crippen molar-refractivity contribution in [2.24, 2.45) is 5.41 Å². The van der Waals surface area contributed by atoms with Crippen molar-refractivity contribution < 1.29 is 6.51 Å². The Balaban J connectivity index is 1.29. The number of hydrogen-bond donors (Lipinski definition) is 0. The van der Waals surface area contributed by atoms with Gasteiger partial charge in [-0.25, -0.2) is 0 Å². The monoisotopic (exact) mass is 400 g/mol. The van der Waals surface area contributed by atoms with Crippen molar-refractivity contribution in [3.63, 3.8) is 0 Å². The average molecular weight is 400 g/mol. The molecule has 0 saturated carbocycles. The molecule has 8 atom stereocenters. The first kappa shape index (κ1) is 13.2. The zero-order chi connectivity index (χ0) is 17.7. The Labute approximate surface area is 145 Å². The first-order valence-corrected chi connectivity index (χ1v) is 18.7. The quantitative estimate of drug-likeness (QED) is 0.323. The molecule has 0 aromatic rings. The van der Waals surface area contributed by atoms with Gasteiger partial charge in [0.2, 0.25) is 0 Å². The Bertz CT molecular complexity index is 1220. The Morgan fingerprint density at radius 2 is 1.08 bits per heavy atom. The van der Waals surface area contributed by atoms with E-state index in [1.165, 1.54) is 38.5 Å². The summed E-state index contributed by atoms with van der Waals surface area (Å²) in [6, 6.07) is 0. The Hall–Kier alpha value is 0.949. The van der Waals surface area contributed by atoms with Gasteiger partial charge >= 0.3 is 146 Å². The summed E-state index contributed by atoms with van der Waals surface area (Å²) in [4.78, 5) is 11.6. The van der Waals surface area contributed by atoms with Crippen LogP contribution in [0, 0.1) is 5.41 Å². The first-order valence-electron chi connectivity index (χ1n) is 11.0. The molecule has 2 heteroatoms. The summed E-state index contributed by atoms with van der Waals surface area (Å²) in [7, 11) is 0.128. The minimum atomic E-state index is -3.21. The van der Waals surface area contributed by atoms with Crippen molar-refractivity contribution in [3.05, 3.63) is 0 Å². The zero-order valence-electron chi connectivity index (χ0n) is 17.6. The van der Waals surface area contributed by atoms with Crippen molar-refractivity contribution >= 4 is 7.92 Å². The summed E-state index contributed by atoms with van der Waals surface area (Å²) in [5.41, 5.74) is 0.668. The van der Waals surface area contributed by atoms with Crippen LogP contribution in [-0.2, 0) is 6.51 Å². The maximum atomic E-state index is 2.71. The normalized spacial score (nSPS) is 90.3. The van der Waals surface area contributed by atoms with E-state index in [0.29, 0.717) is 15.7 Å². The predicted octanol–water partition coefficient (Wildman–Crippen LogP) is 8.24. The Morgan fingerprint density at radius 1 is 0.680 bits per heavy atom.